The predicted octanol–water partition coefficient (Wildman–Crippen LogP) is 0.823. The summed E-state index contributed by atoms with van der Waals surface area (Å²) < 4.78 is 22.7. The SMILES string of the molecule is NS(=O)(=O)c1cnc(N2CCN(c3ccc(O)cc3)CC2)s1. The number of piperazine rings is 1. The van der Waals surface area contributed by atoms with Gasteiger partial charge in [0.2, 0.25) is 10.0 Å². The maximum Gasteiger partial charge on any atom is 0.249 e. The first-order chi connectivity index (χ1) is 10.4. The number of benzene rings is 1. The largest absolute Gasteiger partial charge is 0.508 e. The number of aromatic nitrogens is 1. The zero-order valence-corrected chi connectivity index (χ0v) is 13.3. The smallest absolute Gasteiger partial charge is 0.249 e. The number of aromatic hydroxyl groups is 1. The molecule has 1 aromatic heterocycles. The maximum absolute atomic E-state index is 11.3. The van der Waals surface area contributed by atoms with Crippen LogP contribution < -0.4 is 14.9 Å². The van der Waals surface area contributed by atoms with Crippen molar-refractivity contribution in [3.05, 3.63) is 30.5 Å². The molecule has 22 heavy (non-hydrogen) atoms. The van der Waals surface area contributed by atoms with Crippen molar-refractivity contribution < 1.29 is 13.5 Å². The van der Waals surface area contributed by atoms with Crippen LogP contribution in [0.4, 0.5) is 10.8 Å². The highest BCUT2D eigenvalue weighted by molar-refractivity contribution is 7.91. The highest BCUT2D eigenvalue weighted by Gasteiger charge is 2.21. The summed E-state index contributed by atoms with van der Waals surface area (Å²) in [6, 6.07) is 7.10. The van der Waals surface area contributed by atoms with E-state index in [0.29, 0.717) is 5.13 Å². The van der Waals surface area contributed by atoms with Gasteiger partial charge in [0.25, 0.3) is 0 Å². The molecule has 1 aromatic carbocycles. The molecular weight excluding hydrogens is 324 g/mol. The lowest BCUT2D eigenvalue weighted by Crippen LogP contribution is -2.46. The summed E-state index contributed by atoms with van der Waals surface area (Å²) in [6.45, 7) is 3.10. The lowest BCUT2D eigenvalue weighted by atomic mass is 10.2. The summed E-state index contributed by atoms with van der Waals surface area (Å²) >= 11 is 1.10. The fourth-order valence-electron chi connectivity index (χ4n) is 2.35. The van der Waals surface area contributed by atoms with Crippen molar-refractivity contribution >= 4 is 32.2 Å². The van der Waals surface area contributed by atoms with Gasteiger partial charge in [0, 0.05) is 31.9 Å². The van der Waals surface area contributed by atoms with Gasteiger partial charge in [0.05, 0.1) is 6.20 Å². The molecule has 7 nitrogen and oxygen atoms in total. The number of rotatable bonds is 3. The molecular formula is C13H16N4O3S2. The average molecular weight is 340 g/mol. The highest BCUT2D eigenvalue weighted by atomic mass is 32.2. The second kappa shape index (κ2) is 5.75. The number of primary sulfonamides is 1. The van der Waals surface area contributed by atoms with Crippen LogP contribution in [0.15, 0.2) is 34.7 Å². The molecule has 3 rings (SSSR count). The maximum atomic E-state index is 11.3. The molecule has 118 valence electrons. The predicted molar refractivity (Wildman–Crippen MR) is 86.0 cm³/mol. The average Bonchev–Trinajstić information content (AvgIpc) is 2.98. The van der Waals surface area contributed by atoms with Crippen LogP contribution in [0.5, 0.6) is 5.75 Å². The third kappa shape index (κ3) is 3.16. The molecule has 0 bridgehead atoms. The molecule has 1 aliphatic rings. The molecule has 0 atom stereocenters. The van der Waals surface area contributed by atoms with E-state index in [1.54, 1.807) is 12.1 Å². The molecule has 0 aliphatic carbocycles. The second-order valence-electron chi connectivity index (χ2n) is 5.00. The Morgan fingerprint density at radius 2 is 1.68 bits per heavy atom. The van der Waals surface area contributed by atoms with E-state index in [4.69, 9.17) is 5.14 Å². The Labute approximate surface area is 132 Å². The van der Waals surface area contributed by atoms with E-state index in [1.165, 1.54) is 6.20 Å². The molecule has 0 amide bonds. The van der Waals surface area contributed by atoms with E-state index in [1.807, 2.05) is 12.1 Å². The van der Waals surface area contributed by atoms with Crippen molar-refractivity contribution in [3.8, 4) is 5.75 Å². The van der Waals surface area contributed by atoms with Gasteiger partial charge >= 0.3 is 0 Å². The summed E-state index contributed by atoms with van der Waals surface area (Å²) in [5.74, 6) is 0.251. The molecule has 0 spiro atoms. The minimum absolute atomic E-state index is 0.0865. The van der Waals surface area contributed by atoms with E-state index in [2.05, 4.69) is 14.8 Å². The van der Waals surface area contributed by atoms with Crippen molar-refractivity contribution in [2.75, 3.05) is 36.0 Å². The van der Waals surface area contributed by atoms with Crippen LogP contribution in [0.2, 0.25) is 0 Å². The lowest BCUT2D eigenvalue weighted by Gasteiger charge is -2.36. The Bertz CT molecular complexity index is 750. The van der Waals surface area contributed by atoms with Crippen LogP contribution >= 0.6 is 11.3 Å². The molecule has 2 heterocycles. The van der Waals surface area contributed by atoms with Gasteiger partial charge in [-0.05, 0) is 24.3 Å². The van der Waals surface area contributed by atoms with Crippen molar-refractivity contribution in [2.45, 2.75) is 4.21 Å². The zero-order chi connectivity index (χ0) is 15.7. The van der Waals surface area contributed by atoms with E-state index < -0.39 is 10.0 Å². The van der Waals surface area contributed by atoms with Crippen molar-refractivity contribution in [2.24, 2.45) is 5.14 Å². The molecule has 1 aliphatic heterocycles. The summed E-state index contributed by atoms with van der Waals surface area (Å²) in [4.78, 5) is 8.41. The molecule has 1 fully saturated rings. The molecule has 2 aromatic rings. The topological polar surface area (TPSA) is 99.8 Å². The number of phenols is 1. The van der Waals surface area contributed by atoms with Gasteiger partial charge in [-0.25, -0.2) is 18.5 Å². The molecule has 1 saturated heterocycles. The Morgan fingerprint density at radius 1 is 1.09 bits per heavy atom. The zero-order valence-electron chi connectivity index (χ0n) is 11.7. The third-order valence-corrected chi connectivity index (χ3v) is 5.98. The Hall–Kier alpha value is -1.84. The van der Waals surface area contributed by atoms with Crippen molar-refractivity contribution in [1.82, 2.24) is 4.98 Å². The quantitative estimate of drug-likeness (QED) is 0.858. The second-order valence-corrected chi connectivity index (χ2v) is 7.79. The lowest BCUT2D eigenvalue weighted by molar-refractivity contribution is 0.475. The number of anilines is 2. The van der Waals surface area contributed by atoms with Gasteiger partial charge < -0.3 is 14.9 Å². The van der Waals surface area contributed by atoms with Crippen LogP contribution in [0, 0.1) is 0 Å². The molecule has 0 unspecified atom stereocenters. The third-order valence-electron chi connectivity index (χ3n) is 3.52. The summed E-state index contributed by atoms with van der Waals surface area (Å²) in [5, 5.41) is 15.1. The number of phenolic OH excluding ortho intramolecular Hbond substituents is 1. The Balaban J connectivity index is 1.66. The van der Waals surface area contributed by atoms with Crippen molar-refractivity contribution in [3.63, 3.8) is 0 Å². The fraction of sp³-hybridized carbons (Fsp3) is 0.308. The van der Waals surface area contributed by atoms with Gasteiger partial charge in [-0.3, -0.25) is 0 Å². The number of nitrogens with zero attached hydrogens (tertiary/aromatic N) is 3. The van der Waals surface area contributed by atoms with E-state index in [9.17, 15) is 13.5 Å². The number of nitrogens with two attached hydrogens (primary N) is 1. The minimum Gasteiger partial charge on any atom is -0.508 e. The van der Waals surface area contributed by atoms with Gasteiger partial charge in [0.1, 0.15) is 5.75 Å². The van der Waals surface area contributed by atoms with Gasteiger partial charge in [-0.2, -0.15) is 0 Å². The number of hydrogen-bond donors (Lipinski definition) is 2. The standard InChI is InChI=1S/C13H16N4O3S2/c14-22(19,20)12-9-15-13(21-12)17-7-5-16(6-8-17)10-1-3-11(18)4-2-10/h1-4,9,18H,5-8H2,(H2,14,19,20). The number of hydrogen-bond acceptors (Lipinski definition) is 7. The first kappa shape index (κ1) is 15.1. The molecule has 3 N–H and O–H groups in total. The minimum atomic E-state index is -3.68. The monoisotopic (exact) mass is 340 g/mol. The highest BCUT2D eigenvalue weighted by Crippen LogP contribution is 2.27. The van der Waals surface area contributed by atoms with Gasteiger partial charge in [-0.1, -0.05) is 11.3 Å². The van der Waals surface area contributed by atoms with Gasteiger partial charge in [-0.15, -0.1) is 0 Å². The molecule has 0 radical (unpaired) electrons. The van der Waals surface area contributed by atoms with E-state index in [0.717, 1.165) is 43.2 Å². The number of sulfonamides is 1. The number of thiazole rings is 1. The van der Waals surface area contributed by atoms with Crippen LogP contribution in [-0.4, -0.2) is 44.7 Å². The first-order valence-corrected chi connectivity index (χ1v) is 9.07. The molecule has 0 saturated carbocycles. The van der Waals surface area contributed by atoms with Crippen LogP contribution in [0.25, 0.3) is 0 Å². The summed E-state index contributed by atoms with van der Waals surface area (Å²) in [6.07, 6.45) is 1.31. The van der Waals surface area contributed by atoms with Crippen molar-refractivity contribution in [1.29, 1.82) is 0 Å². The molecule has 9 heteroatoms. The first-order valence-electron chi connectivity index (χ1n) is 6.71. The Kier molecular flexibility index (Phi) is 3.94. The summed E-state index contributed by atoms with van der Waals surface area (Å²) in [7, 11) is -3.68. The summed E-state index contributed by atoms with van der Waals surface area (Å²) in [5.41, 5.74) is 1.06. The fourth-order valence-corrected chi connectivity index (χ4v) is 3.94. The Morgan fingerprint density at radius 3 is 2.23 bits per heavy atom. The van der Waals surface area contributed by atoms with Gasteiger partial charge in [0.15, 0.2) is 9.34 Å². The van der Waals surface area contributed by atoms with Crippen LogP contribution in [0.3, 0.4) is 0 Å². The normalized spacial score (nSPS) is 16.0. The van der Waals surface area contributed by atoms with Crippen LogP contribution in [-0.2, 0) is 10.0 Å². The van der Waals surface area contributed by atoms with E-state index in [-0.39, 0.29) is 9.96 Å². The van der Waals surface area contributed by atoms with E-state index >= 15 is 0 Å². The van der Waals surface area contributed by atoms with Crippen LogP contribution in [0.1, 0.15) is 0 Å².